The summed E-state index contributed by atoms with van der Waals surface area (Å²) >= 11 is 0. The predicted octanol–water partition coefficient (Wildman–Crippen LogP) is 3.74. The van der Waals surface area contributed by atoms with Gasteiger partial charge in [-0.2, -0.15) is 0 Å². The molecule has 5 nitrogen and oxygen atoms in total. The van der Waals surface area contributed by atoms with Gasteiger partial charge in [-0.05, 0) is 54.8 Å². The summed E-state index contributed by atoms with van der Waals surface area (Å²) in [5.41, 5.74) is 2.25. The van der Waals surface area contributed by atoms with Crippen LogP contribution in [-0.4, -0.2) is 25.0 Å². The largest absolute Gasteiger partial charge is 0.465 e. The van der Waals surface area contributed by atoms with Gasteiger partial charge >= 0.3 is 5.97 Å². The van der Waals surface area contributed by atoms with Crippen LogP contribution in [-0.2, 0) is 16.0 Å². The van der Waals surface area contributed by atoms with Crippen LogP contribution in [0.5, 0.6) is 0 Å². The fourth-order valence-electron chi connectivity index (χ4n) is 3.20. The molecule has 1 heterocycles. The molecule has 0 bridgehead atoms. The Balaban J connectivity index is 1.71. The zero-order valence-corrected chi connectivity index (χ0v) is 16.6. The Kier molecular flexibility index (Phi) is 6.61. The van der Waals surface area contributed by atoms with Gasteiger partial charge in [0, 0.05) is 11.8 Å². The van der Waals surface area contributed by atoms with E-state index in [1.54, 1.807) is 43.3 Å². The topological polar surface area (TPSA) is 67.4 Å². The van der Waals surface area contributed by atoms with Crippen molar-refractivity contribution in [3.8, 4) is 0 Å². The summed E-state index contributed by atoms with van der Waals surface area (Å²) in [4.78, 5) is 24.4. The molecule has 0 radical (unpaired) electrons. The molecule has 30 heavy (non-hydrogen) atoms. The van der Waals surface area contributed by atoms with E-state index in [2.05, 4.69) is 15.4 Å². The number of carbonyl (C=O) groups excluding carboxylic acids is 2. The zero-order chi connectivity index (χ0) is 21.7. The maximum atomic E-state index is 13.8. The first-order chi connectivity index (χ1) is 14.4. The molecule has 1 amide bonds. The molecular formula is C23H22F2N2O3. The molecule has 2 aromatic rings. The van der Waals surface area contributed by atoms with E-state index < -0.39 is 23.7 Å². The van der Waals surface area contributed by atoms with Gasteiger partial charge in [-0.15, -0.1) is 0 Å². The van der Waals surface area contributed by atoms with E-state index in [-0.39, 0.29) is 17.4 Å². The first-order valence-corrected chi connectivity index (χ1v) is 9.44. The van der Waals surface area contributed by atoms with Crippen LogP contribution in [0.2, 0.25) is 0 Å². The Bertz CT molecular complexity index is 983. The first kappa shape index (κ1) is 21.2. The smallest absolute Gasteiger partial charge is 0.337 e. The zero-order valence-electron chi connectivity index (χ0n) is 16.6. The Morgan fingerprint density at radius 1 is 1.10 bits per heavy atom. The second-order valence-electron chi connectivity index (χ2n) is 6.99. The Morgan fingerprint density at radius 3 is 2.40 bits per heavy atom. The molecule has 0 fully saturated rings. The van der Waals surface area contributed by atoms with Crippen LogP contribution in [0.4, 0.5) is 8.78 Å². The van der Waals surface area contributed by atoms with Gasteiger partial charge in [0.15, 0.2) is 0 Å². The molecule has 3 rings (SSSR count). The van der Waals surface area contributed by atoms with E-state index in [1.165, 1.54) is 31.5 Å². The molecule has 0 saturated carbocycles. The third-order valence-corrected chi connectivity index (χ3v) is 4.89. The number of benzene rings is 2. The number of halogens is 2. The lowest BCUT2D eigenvalue weighted by Gasteiger charge is -2.25. The Hall–Kier alpha value is -3.48. The van der Waals surface area contributed by atoms with Crippen molar-refractivity contribution in [2.75, 3.05) is 7.11 Å². The van der Waals surface area contributed by atoms with Gasteiger partial charge in [0.2, 0.25) is 5.91 Å². The highest BCUT2D eigenvalue weighted by molar-refractivity contribution is 5.95. The van der Waals surface area contributed by atoms with Gasteiger partial charge in [0.1, 0.15) is 11.6 Å². The van der Waals surface area contributed by atoms with Gasteiger partial charge in [0.05, 0.1) is 24.8 Å². The van der Waals surface area contributed by atoms with Gasteiger partial charge in [-0.1, -0.05) is 24.3 Å². The molecular weight excluding hydrogens is 390 g/mol. The number of hydrogen-bond donors (Lipinski definition) is 2. The van der Waals surface area contributed by atoms with E-state index in [4.69, 9.17) is 0 Å². The van der Waals surface area contributed by atoms with Crippen LogP contribution in [0.1, 0.15) is 34.5 Å². The molecule has 2 aromatic carbocycles. The molecule has 2 N–H and O–H groups in total. The molecule has 2 atom stereocenters. The van der Waals surface area contributed by atoms with Crippen molar-refractivity contribution >= 4 is 11.9 Å². The van der Waals surface area contributed by atoms with Crippen molar-refractivity contribution in [1.82, 2.24) is 10.6 Å². The van der Waals surface area contributed by atoms with E-state index in [1.807, 2.05) is 0 Å². The number of rotatable bonds is 6. The maximum absolute atomic E-state index is 13.8. The molecule has 1 aliphatic rings. The average Bonchev–Trinajstić information content (AvgIpc) is 2.76. The van der Waals surface area contributed by atoms with Crippen LogP contribution in [0.15, 0.2) is 72.2 Å². The van der Waals surface area contributed by atoms with Crippen molar-refractivity contribution in [3.63, 3.8) is 0 Å². The van der Waals surface area contributed by atoms with Crippen molar-refractivity contribution in [2.45, 2.75) is 25.4 Å². The maximum Gasteiger partial charge on any atom is 0.337 e. The SMILES string of the molecule is COC(=O)c1ccc([C@H](C)NC(=O)C2=CC(F)=CNC2Cc2ccc(F)cc2)cc1. The average molecular weight is 412 g/mol. The highest BCUT2D eigenvalue weighted by Crippen LogP contribution is 2.20. The molecule has 0 aliphatic carbocycles. The summed E-state index contributed by atoms with van der Waals surface area (Å²) in [6, 6.07) is 11.8. The second-order valence-corrected chi connectivity index (χ2v) is 6.99. The van der Waals surface area contributed by atoms with E-state index in [9.17, 15) is 18.4 Å². The number of carbonyl (C=O) groups is 2. The second kappa shape index (κ2) is 9.35. The summed E-state index contributed by atoms with van der Waals surface area (Å²) in [6.07, 6.45) is 2.80. The van der Waals surface area contributed by atoms with Gasteiger partial charge in [-0.3, -0.25) is 4.79 Å². The minimum absolute atomic E-state index is 0.248. The number of allylic oxidation sites excluding steroid dienone is 2. The number of nitrogens with one attached hydrogen (secondary N) is 2. The summed E-state index contributed by atoms with van der Waals surface area (Å²) in [5.74, 6) is -1.75. The molecule has 0 saturated heterocycles. The van der Waals surface area contributed by atoms with Crippen LogP contribution < -0.4 is 10.6 Å². The fraction of sp³-hybridized carbons (Fsp3) is 0.217. The number of esters is 1. The van der Waals surface area contributed by atoms with Crippen molar-refractivity contribution in [3.05, 3.63) is 94.7 Å². The highest BCUT2D eigenvalue weighted by atomic mass is 19.1. The summed E-state index contributed by atoms with van der Waals surface area (Å²) in [6.45, 7) is 1.79. The lowest BCUT2D eigenvalue weighted by molar-refractivity contribution is -0.118. The lowest BCUT2D eigenvalue weighted by atomic mass is 9.95. The van der Waals surface area contributed by atoms with E-state index >= 15 is 0 Å². The third-order valence-electron chi connectivity index (χ3n) is 4.89. The molecule has 1 unspecified atom stereocenters. The van der Waals surface area contributed by atoms with E-state index in [0.29, 0.717) is 12.0 Å². The fourth-order valence-corrected chi connectivity index (χ4v) is 3.20. The number of methoxy groups -OCH3 is 1. The Morgan fingerprint density at radius 2 is 1.77 bits per heavy atom. The lowest BCUT2D eigenvalue weighted by Crippen LogP contribution is -2.40. The van der Waals surface area contributed by atoms with Crippen molar-refractivity contribution < 1.29 is 23.1 Å². The Labute approximate surface area is 173 Å². The van der Waals surface area contributed by atoms with Gasteiger partial charge in [-0.25, -0.2) is 13.6 Å². The van der Waals surface area contributed by atoms with Crippen molar-refractivity contribution in [1.29, 1.82) is 0 Å². The minimum Gasteiger partial charge on any atom is -0.465 e. The van der Waals surface area contributed by atoms with Crippen LogP contribution in [0.25, 0.3) is 0 Å². The number of ether oxygens (including phenoxy) is 1. The highest BCUT2D eigenvalue weighted by Gasteiger charge is 2.25. The standard InChI is InChI=1S/C23H22F2N2O3/c1-14(16-5-7-17(8-6-16)23(29)30-2)27-22(28)20-12-19(25)13-26-21(20)11-15-3-9-18(24)10-4-15/h3-10,12-14,21,26H,11H2,1-2H3,(H,27,28)/t14-,21?/m0/s1. The minimum atomic E-state index is -0.550. The van der Waals surface area contributed by atoms with Crippen LogP contribution in [0.3, 0.4) is 0 Å². The third kappa shape index (κ3) is 5.11. The number of amides is 1. The van der Waals surface area contributed by atoms with Gasteiger partial charge in [0.25, 0.3) is 0 Å². The monoisotopic (exact) mass is 412 g/mol. The molecule has 1 aliphatic heterocycles. The van der Waals surface area contributed by atoms with Crippen molar-refractivity contribution in [2.24, 2.45) is 0 Å². The molecule has 156 valence electrons. The molecule has 7 heteroatoms. The molecule has 0 aromatic heterocycles. The van der Waals surface area contributed by atoms with Gasteiger partial charge < -0.3 is 15.4 Å². The van der Waals surface area contributed by atoms with Crippen LogP contribution >= 0.6 is 0 Å². The van der Waals surface area contributed by atoms with E-state index in [0.717, 1.165) is 11.1 Å². The molecule has 0 spiro atoms. The first-order valence-electron chi connectivity index (χ1n) is 9.44. The summed E-state index contributed by atoms with van der Waals surface area (Å²) in [5, 5.41) is 5.75. The predicted molar refractivity (Wildman–Crippen MR) is 109 cm³/mol. The van der Waals surface area contributed by atoms with Crippen LogP contribution in [0, 0.1) is 5.82 Å². The normalized spacial score (nSPS) is 16.6. The summed E-state index contributed by atoms with van der Waals surface area (Å²) < 4.78 is 31.6. The number of hydrogen-bond acceptors (Lipinski definition) is 4. The number of dihydropyridines is 1. The summed E-state index contributed by atoms with van der Waals surface area (Å²) in [7, 11) is 1.31. The quantitative estimate of drug-likeness (QED) is 0.710.